The molecule has 0 aromatic carbocycles. The topological polar surface area (TPSA) is 67.1 Å². The van der Waals surface area contributed by atoms with Crippen LogP contribution in [0.15, 0.2) is 12.4 Å². The Labute approximate surface area is 110 Å². The summed E-state index contributed by atoms with van der Waals surface area (Å²) in [5, 5.41) is 3.20. The second-order valence-corrected chi connectivity index (χ2v) is 5.22. The fourth-order valence-electron chi connectivity index (χ4n) is 1.48. The van der Waals surface area contributed by atoms with Crippen LogP contribution in [0.5, 0.6) is 0 Å². The van der Waals surface area contributed by atoms with Gasteiger partial charge in [-0.3, -0.25) is 0 Å². The van der Waals surface area contributed by atoms with Crippen LogP contribution in [-0.4, -0.2) is 36.1 Å². The highest BCUT2D eigenvalue weighted by Gasteiger charge is 2.05. The third kappa shape index (κ3) is 5.31. The van der Waals surface area contributed by atoms with Gasteiger partial charge in [0, 0.05) is 32.2 Å². The first kappa shape index (κ1) is 14.7. The number of hydrogen-bond donors (Lipinski definition) is 2. The first-order valence-corrected chi connectivity index (χ1v) is 6.51. The van der Waals surface area contributed by atoms with Crippen molar-refractivity contribution in [1.29, 1.82) is 0 Å². The van der Waals surface area contributed by atoms with E-state index in [-0.39, 0.29) is 6.04 Å². The van der Waals surface area contributed by atoms with Crippen LogP contribution in [0.4, 0.5) is 11.6 Å². The zero-order chi connectivity index (χ0) is 13.5. The van der Waals surface area contributed by atoms with Crippen LogP contribution < -0.4 is 16.0 Å². The average Bonchev–Trinajstić information content (AvgIpc) is 2.33. The highest BCUT2D eigenvalue weighted by molar-refractivity contribution is 5.47. The Morgan fingerprint density at radius 1 is 1.33 bits per heavy atom. The van der Waals surface area contributed by atoms with Crippen molar-refractivity contribution >= 4 is 11.6 Å². The lowest BCUT2D eigenvalue weighted by atomic mass is 10.1. The number of anilines is 2. The van der Waals surface area contributed by atoms with E-state index >= 15 is 0 Å². The first-order valence-electron chi connectivity index (χ1n) is 6.51. The van der Waals surface area contributed by atoms with Crippen LogP contribution in [0.1, 0.15) is 27.2 Å². The molecular formula is C13H25N5. The van der Waals surface area contributed by atoms with Crippen LogP contribution >= 0.6 is 0 Å². The van der Waals surface area contributed by atoms with Gasteiger partial charge in [-0.25, -0.2) is 9.97 Å². The number of nitrogens with zero attached hydrogens (tertiary/aromatic N) is 3. The summed E-state index contributed by atoms with van der Waals surface area (Å²) < 4.78 is 0. The highest BCUT2D eigenvalue weighted by atomic mass is 15.2. The van der Waals surface area contributed by atoms with Gasteiger partial charge in [-0.05, 0) is 19.3 Å². The Balaban J connectivity index is 2.57. The van der Waals surface area contributed by atoms with Crippen molar-refractivity contribution in [2.45, 2.75) is 33.2 Å². The van der Waals surface area contributed by atoms with Crippen molar-refractivity contribution in [3.05, 3.63) is 12.4 Å². The molecule has 1 heterocycles. The first-order chi connectivity index (χ1) is 8.49. The van der Waals surface area contributed by atoms with Gasteiger partial charge < -0.3 is 16.0 Å². The smallest absolute Gasteiger partial charge is 0.133 e. The molecule has 0 aliphatic rings. The summed E-state index contributed by atoms with van der Waals surface area (Å²) in [6.45, 7) is 8.13. The van der Waals surface area contributed by atoms with Crippen LogP contribution in [0, 0.1) is 5.92 Å². The molecule has 0 saturated heterocycles. The molecule has 0 radical (unpaired) electrons. The molecule has 1 rings (SSSR count). The van der Waals surface area contributed by atoms with E-state index in [2.05, 4.69) is 41.1 Å². The summed E-state index contributed by atoms with van der Waals surface area (Å²) in [6.07, 6.45) is 2.74. The third-order valence-electron chi connectivity index (χ3n) is 2.69. The lowest BCUT2D eigenvalue weighted by Crippen LogP contribution is -2.26. The summed E-state index contributed by atoms with van der Waals surface area (Å²) in [7, 11) is 2.06. The monoisotopic (exact) mass is 251 g/mol. The van der Waals surface area contributed by atoms with Crippen molar-refractivity contribution in [2.75, 3.05) is 30.4 Å². The maximum absolute atomic E-state index is 5.70. The Kier molecular flexibility index (Phi) is 5.85. The van der Waals surface area contributed by atoms with Crippen molar-refractivity contribution in [3.63, 3.8) is 0 Å². The van der Waals surface area contributed by atoms with Gasteiger partial charge in [-0.15, -0.1) is 0 Å². The van der Waals surface area contributed by atoms with Gasteiger partial charge in [0.2, 0.25) is 0 Å². The number of rotatable bonds is 7. The second-order valence-electron chi connectivity index (χ2n) is 5.22. The van der Waals surface area contributed by atoms with Gasteiger partial charge in [0.05, 0.1) is 0 Å². The normalized spacial score (nSPS) is 12.6. The molecule has 5 heteroatoms. The molecule has 5 nitrogen and oxygen atoms in total. The van der Waals surface area contributed by atoms with Crippen LogP contribution in [0.3, 0.4) is 0 Å². The zero-order valence-corrected chi connectivity index (χ0v) is 11.8. The number of aromatic nitrogens is 2. The minimum Gasteiger partial charge on any atom is -0.368 e. The maximum Gasteiger partial charge on any atom is 0.133 e. The summed E-state index contributed by atoms with van der Waals surface area (Å²) in [5.41, 5.74) is 5.70. The van der Waals surface area contributed by atoms with E-state index in [1.807, 2.05) is 13.0 Å². The predicted octanol–water partition coefficient (Wildman–Crippen LogP) is 1.72. The van der Waals surface area contributed by atoms with Gasteiger partial charge in [-0.1, -0.05) is 13.8 Å². The molecule has 0 amide bonds. The quantitative estimate of drug-likeness (QED) is 0.772. The lowest BCUT2D eigenvalue weighted by molar-refractivity contribution is 0.583. The van der Waals surface area contributed by atoms with E-state index in [0.29, 0.717) is 12.5 Å². The van der Waals surface area contributed by atoms with Crippen molar-refractivity contribution in [1.82, 2.24) is 9.97 Å². The lowest BCUT2D eigenvalue weighted by Gasteiger charge is -2.19. The second kappa shape index (κ2) is 7.16. The molecule has 102 valence electrons. The van der Waals surface area contributed by atoms with E-state index < -0.39 is 0 Å². The van der Waals surface area contributed by atoms with Gasteiger partial charge in [0.1, 0.15) is 18.0 Å². The molecule has 3 N–H and O–H groups in total. The van der Waals surface area contributed by atoms with E-state index in [0.717, 1.165) is 24.6 Å². The van der Waals surface area contributed by atoms with Crippen molar-refractivity contribution in [3.8, 4) is 0 Å². The Bertz CT molecular complexity index is 351. The predicted molar refractivity (Wildman–Crippen MR) is 76.9 cm³/mol. The summed E-state index contributed by atoms with van der Waals surface area (Å²) in [5.74, 6) is 2.47. The number of hydrogen-bond acceptors (Lipinski definition) is 5. The van der Waals surface area contributed by atoms with E-state index in [1.165, 1.54) is 0 Å². The van der Waals surface area contributed by atoms with E-state index in [9.17, 15) is 0 Å². The number of nitrogens with one attached hydrogen (secondary N) is 1. The maximum atomic E-state index is 5.70. The SMILES string of the molecule is CC(C)CCN(C)c1cc(NCC(C)N)ncn1. The minimum absolute atomic E-state index is 0.113. The summed E-state index contributed by atoms with van der Waals surface area (Å²) in [6, 6.07) is 2.07. The largest absolute Gasteiger partial charge is 0.368 e. The molecule has 18 heavy (non-hydrogen) atoms. The standard InChI is InChI=1S/C13H25N5/c1-10(2)5-6-18(4)13-7-12(16-9-17-13)15-8-11(3)14/h7,9-11H,5-6,8,14H2,1-4H3,(H,15,16,17). The van der Waals surface area contributed by atoms with Crippen molar-refractivity contribution < 1.29 is 0 Å². The fourth-order valence-corrected chi connectivity index (χ4v) is 1.48. The minimum atomic E-state index is 0.113. The molecule has 0 spiro atoms. The fraction of sp³-hybridized carbons (Fsp3) is 0.692. The van der Waals surface area contributed by atoms with Gasteiger partial charge in [0.15, 0.2) is 0 Å². The summed E-state index contributed by atoms with van der Waals surface area (Å²) >= 11 is 0. The third-order valence-corrected chi connectivity index (χ3v) is 2.69. The molecule has 1 unspecified atom stereocenters. The van der Waals surface area contributed by atoms with Gasteiger partial charge in [0.25, 0.3) is 0 Å². The van der Waals surface area contributed by atoms with Crippen LogP contribution in [0.25, 0.3) is 0 Å². The van der Waals surface area contributed by atoms with Crippen molar-refractivity contribution in [2.24, 2.45) is 11.7 Å². The van der Waals surface area contributed by atoms with E-state index in [1.54, 1.807) is 6.33 Å². The molecule has 0 bridgehead atoms. The van der Waals surface area contributed by atoms with Gasteiger partial charge >= 0.3 is 0 Å². The number of nitrogens with two attached hydrogens (primary N) is 1. The van der Waals surface area contributed by atoms with Crippen LogP contribution in [-0.2, 0) is 0 Å². The molecule has 1 aromatic heterocycles. The van der Waals surface area contributed by atoms with Gasteiger partial charge in [-0.2, -0.15) is 0 Å². The Morgan fingerprint density at radius 3 is 2.67 bits per heavy atom. The Morgan fingerprint density at radius 2 is 2.06 bits per heavy atom. The molecule has 0 fully saturated rings. The molecule has 1 atom stereocenters. The van der Waals surface area contributed by atoms with E-state index in [4.69, 9.17) is 5.73 Å². The molecular weight excluding hydrogens is 226 g/mol. The average molecular weight is 251 g/mol. The molecule has 0 saturated carbocycles. The highest BCUT2D eigenvalue weighted by Crippen LogP contribution is 2.13. The molecule has 1 aromatic rings. The summed E-state index contributed by atoms with van der Waals surface area (Å²) in [4.78, 5) is 10.6. The Hall–Kier alpha value is -1.36. The zero-order valence-electron chi connectivity index (χ0n) is 11.8. The van der Waals surface area contributed by atoms with Crippen LogP contribution in [0.2, 0.25) is 0 Å². The molecule has 0 aliphatic carbocycles. The molecule has 0 aliphatic heterocycles.